The Morgan fingerprint density at radius 2 is 2.10 bits per heavy atom. The molecule has 0 amide bonds. The molecule has 0 fully saturated rings. The first kappa shape index (κ1) is 13.5. The molecule has 0 saturated heterocycles. The third kappa shape index (κ3) is 2.29. The lowest BCUT2D eigenvalue weighted by Crippen LogP contribution is -2.34. The molecular weight excluding hydrogens is 276 g/mol. The summed E-state index contributed by atoms with van der Waals surface area (Å²) in [5, 5.41) is 0. The fourth-order valence-corrected chi connectivity index (χ4v) is 4.25. The minimum atomic E-state index is -3.55. The molecule has 2 heterocycles. The number of nitrogen functional groups attached to an aromatic ring is 1. The van der Waals surface area contributed by atoms with Gasteiger partial charge < -0.3 is 10.5 Å². The number of hydrogen-bond acceptors (Lipinski definition) is 4. The monoisotopic (exact) mass is 294 g/mol. The van der Waals surface area contributed by atoms with Gasteiger partial charge in [0.25, 0.3) is 0 Å². The topological polar surface area (TPSA) is 72.6 Å². The smallest absolute Gasteiger partial charge is 0.247 e. The van der Waals surface area contributed by atoms with E-state index in [1.807, 2.05) is 18.2 Å². The number of nitrogens with two attached hydrogens (primary N) is 1. The van der Waals surface area contributed by atoms with Crippen LogP contribution in [0.4, 0.5) is 5.69 Å². The second-order valence-corrected chi connectivity index (χ2v) is 6.99. The van der Waals surface area contributed by atoms with Crippen LogP contribution in [-0.2, 0) is 16.4 Å². The molecule has 20 heavy (non-hydrogen) atoms. The Bertz CT molecular complexity index is 653. The first-order valence-electron chi connectivity index (χ1n) is 6.79. The van der Waals surface area contributed by atoms with Crippen molar-refractivity contribution in [1.29, 1.82) is 0 Å². The first-order valence-corrected chi connectivity index (χ1v) is 8.23. The van der Waals surface area contributed by atoms with E-state index in [4.69, 9.17) is 10.5 Å². The van der Waals surface area contributed by atoms with E-state index in [9.17, 15) is 8.42 Å². The van der Waals surface area contributed by atoms with Crippen molar-refractivity contribution in [3.05, 3.63) is 29.8 Å². The van der Waals surface area contributed by atoms with Gasteiger partial charge in [-0.1, -0.05) is 12.2 Å². The van der Waals surface area contributed by atoms with Crippen molar-refractivity contribution in [2.75, 3.05) is 25.4 Å². The lowest BCUT2D eigenvalue weighted by molar-refractivity contribution is 0.279. The molecule has 0 aliphatic carbocycles. The highest BCUT2D eigenvalue weighted by Crippen LogP contribution is 2.36. The van der Waals surface area contributed by atoms with Crippen LogP contribution in [0.1, 0.15) is 18.4 Å². The number of sulfonamides is 1. The molecule has 2 aliphatic heterocycles. The molecule has 6 heteroatoms. The molecule has 0 radical (unpaired) electrons. The standard InChI is InChI=1S/C14H18N2O3S/c15-12-9-11-5-4-8-19-14(11)13(10-12)20(17,18)16-6-2-1-3-7-16/h1-2,9-10H,3-8,15H2. The van der Waals surface area contributed by atoms with E-state index in [-0.39, 0.29) is 4.90 Å². The summed E-state index contributed by atoms with van der Waals surface area (Å²) in [6.07, 6.45) is 6.31. The van der Waals surface area contributed by atoms with E-state index < -0.39 is 10.0 Å². The maximum Gasteiger partial charge on any atom is 0.247 e. The maximum absolute atomic E-state index is 12.8. The van der Waals surface area contributed by atoms with Crippen LogP contribution in [0.2, 0.25) is 0 Å². The van der Waals surface area contributed by atoms with Gasteiger partial charge >= 0.3 is 0 Å². The van der Waals surface area contributed by atoms with Crippen molar-refractivity contribution in [2.45, 2.75) is 24.2 Å². The Hall–Kier alpha value is -1.53. The zero-order valence-electron chi connectivity index (χ0n) is 11.2. The number of anilines is 1. The molecule has 1 aromatic rings. The van der Waals surface area contributed by atoms with Gasteiger partial charge in [-0.05, 0) is 37.0 Å². The van der Waals surface area contributed by atoms with Crippen LogP contribution in [0.15, 0.2) is 29.2 Å². The summed E-state index contributed by atoms with van der Waals surface area (Å²) in [6, 6.07) is 3.32. The highest BCUT2D eigenvalue weighted by Gasteiger charge is 2.30. The van der Waals surface area contributed by atoms with E-state index in [1.54, 1.807) is 0 Å². The van der Waals surface area contributed by atoms with Crippen molar-refractivity contribution in [3.63, 3.8) is 0 Å². The summed E-state index contributed by atoms with van der Waals surface area (Å²) < 4.78 is 32.6. The van der Waals surface area contributed by atoms with Crippen LogP contribution in [0.3, 0.4) is 0 Å². The Labute approximate surface area is 119 Å². The van der Waals surface area contributed by atoms with Crippen LogP contribution in [0, 0.1) is 0 Å². The second kappa shape index (κ2) is 5.10. The summed E-state index contributed by atoms with van der Waals surface area (Å²) in [5.41, 5.74) is 7.22. The normalized spacial score (nSPS) is 19.4. The fraction of sp³-hybridized carbons (Fsp3) is 0.429. The molecular formula is C14H18N2O3S. The van der Waals surface area contributed by atoms with Crippen molar-refractivity contribution < 1.29 is 13.2 Å². The number of fused-ring (bicyclic) bond motifs is 1. The quantitative estimate of drug-likeness (QED) is 0.663. The Kier molecular flexibility index (Phi) is 3.43. The van der Waals surface area contributed by atoms with Gasteiger partial charge in [0, 0.05) is 18.8 Å². The van der Waals surface area contributed by atoms with Crippen LogP contribution >= 0.6 is 0 Å². The Morgan fingerprint density at radius 1 is 1.25 bits per heavy atom. The van der Waals surface area contributed by atoms with E-state index >= 15 is 0 Å². The number of benzene rings is 1. The zero-order chi connectivity index (χ0) is 14.2. The average molecular weight is 294 g/mol. The summed E-state index contributed by atoms with van der Waals surface area (Å²) in [6.45, 7) is 1.47. The predicted octanol–water partition coefficient (Wildman–Crippen LogP) is 1.54. The molecule has 0 saturated carbocycles. The third-order valence-corrected chi connectivity index (χ3v) is 5.50. The van der Waals surface area contributed by atoms with Gasteiger partial charge in [0.1, 0.15) is 10.6 Å². The zero-order valence-corrected chi connectivity index (χ0v) is 12.0. The van der Waals surface area contributed by atoms with Crippen LogP contribution in [0.25, 0.3) is 0 Å². The number of nitrogens with zero attached hydrogens (tertiary/aromatic N) is 1. The number of ether oxygens (including phenoxy) is 1. The molecule has 1 aromatic carbocycles. The van der Waals surface area contributed by atoms with E-state index in [0.717, 1.165) is 24.8 Å². The van der Waals surface area contributed by atoms with Gasteiger partial charge in [0.05, 0.1) is 6.61 Å². The van der Waals surface area contributed by atoms with Gasteiger partial charge in [-0.3, -0.25) is 0 Å². The van der Waals surface area contributed by atoms with E-state index in [2.05, 4.69) is 0 Å². The Balaban J connectivity index is 2.09. The van der Waals surface area contributed by atoms with Crippen LogP contribution in [0.5, 0.6) is 5.75 Å². The number of aryl methyl sites for hydroxylation is 1. The Morgan fingerprint density at radius 3 is 2.85 bits per heavy atom. The molecule has 2 N–H and O–H groups in total. The first-order chi connectivity index (χ1) is 9.59. The maximum atomic E-state index is 12.8. The van der Waals surface area contributed by atoms with Crippen molar-refractivity contribution in [1.82, 2.24) is 4.31 Å². The predicted molar refractivity (Wildman–Crippen MR) is 77.2 cm³/mol. The SMILES string of the molecule is Nc1cc2c(c(S(=O)(=O)N3CC=CCC3)c1)OCCC2. The lowest BCUT2D eigenvalue weighted by atomic mass is 10.1. The van der Waals surface area contributed by atoms with Gasteiger partial charge in [-0.2, -0.15) is 4.31 Å². The molecule has 0 unspecified atom stereocenters. The highest BCUT2D eigenvalue weighted by atomic mass is 32.2. The number of rotatable bonds is 2. The number of hydrogen-bond donors (Lipinski definition) is 1. The van der Waals surface area contributed by atoms with Gasteiger partial charge in [0.2, 0.25) is 10.0 Å². The molecule has 3 rings (SSSR count). The molecule has 0 spiro atoms. The fourth-order valence-electron chi connectivity index (χ4n) is 2.64. The third-order valence-electron chi connectivity index (χ3n) is 3.63. The molecule has 0 bridgehead atoms. The van der Waals surface area contributed by atoms with Crippen molar-refractivity contribution in [2.24, 2.45) is 0 Å². The van der Waals surface area contributed by atoms with Crippen LogP contribution in [-0.4, -0.2) is 32.4 Å². The molecule has 108 valence electrons. The summed E-state index contributed by atoms with van der Waals surface area (Å²) in [5.74, 6) is 0.486. The lowest BCUT2D eigenvalue weighted by Gasteiger charge is -2.26. The average Bonchev–Trinajstić information content (AvgIpc) is 2.47. The van der Waals surface area contributed by atoms with Gasteiger partial charge in [0.15, 0.2) is 0 Å². The molecule has 2 aliphatic rings. The minimum absolute atomic E-state index is 0.211. The minimum Gasteiger partial charge on any atom is -0.492 e. The van der Waals surface area contributed by atoms with E-state index in [0.29, 0.717) is 31.1 Å². The van der Waals surface area contributed by atoms with Crippen molar-refractivity contribution >= 4 is 15.7 Å². The van der Waals surface area contributed by atoms with Gasteiger partial charge in [-0.15, -0.1) is 0 Å². The van der Waals surface area contributed by atoms with Crippen molar-refractivity contribution in [3.8, 4) is 5.75 Å². The van der Waals surface area contributed by atoms with Crippen LogP contribution < -0.4 is 10.5 Å². The summed E-state index contributed by atoms with van der Waals surface area (Å²) in [4.78, 5) is 0.211. The highest BCUT2D eigenvalue weighted by molar-refractivity contribution is 7.89. The second-order valence-electron chi connectivity index (χ2n) is 5.08. The van der Waals surface area contributed by atoms with E-state index in [1.165, 1.54) is 10.4 Å². The largest absolute Gasteiger partial charge is 0.492 e. The summed E-state index contributed by atoms with van der Waals surface area (Å²) in [7, 11) is -3.55. The molecule has 5 nitrogen and oxygen atoms in total. The van der Waals surface area contributed by atoms with Gasteiger partial charge in [-0.25, -0.2) is 8.42 Å². The summed E-state index contributed by atoms with van der Waals surface area (Å²) >= 11 is 0. The molecule has 0 atom stereocenters. The molecule has 0 aromatic heterocycles.